The summed E-state index contributed by atoms with van der Waals surface area (Å²) in [6.07, 6.45) is 0. The molecule has 2 aromatic carbocycles. The maximum atomic E-state index is 13.0. The number of para-hydroxylation sites is 2. The van der Waals surface area contributed by atoms with Crippen LogP contribution in [-0.2, 0) is 6.54 Å². The van der Waals surface area contributed by atoms with Crippen molar-refractivity contribution in [2.75, 3.05) is 32.1 Å². The van der Waals surface area contributed by atoms with Crippen molar-refractivity contribution in [3.8, 4) is 17.0 Å². The molecular weight excluding hydrogens is 404 g/mol. The first-order valence-corrected chi connectivity index (χ1v) is 10.8. The fourth-order valence-corrected chi connectivity index (χ4v) is 3.72. The normalized spacial score (nSPS) is 11.2. The topological polar surface area (TPSA) is 88.1 Å². The van der Waals surface area contributed by atoms with Crippen molar-refractivity contribution in [2.45, 2.75) is 20.4 Å². The second-order valence-corrected chi connectivity index (χ2v) is 7.46. The molecule has 1 amide bonds. The molecule has 0 saturated heterocycles. The Hall–Kier alpha value is -3.65. The number of carbonyl (C=O) groups is 1. The number of benzene rings is 2. The SMILES string of the molecule is CCN(CC)CCn1c(NC(=O)c2cc(-c3cccc(OC)c3)n[nH]2)nc2ccccc21. The molecule has 2 heterocycles. The minimum Gasteiger partial charge on any atom is -0.497 e. The van der Waals surface area contributed by atoms with E-state index in [0.717, 1.165) is 48.5 Å². The number of aromatic amines is 1. The summed E-state index contributed by atoms with van der Waals surface area (Å²) < 4.78 is 7.34. The highest BCUT2D eigenvalue weighted by atomic mass is 16.5. The van der Waals surface area contributed by atoms with Crippen LogP contribution in [0.1, 0.15) is 24.3 Å². The van der Waals surface area contributed by atoms with Gasteiger partial charge in [-0.1, -0.05) is 38.1 Å². The largest absolute Gasteiger partial charge is 0.497 e. The predicted octanol–water partition coefficient (Wildman–Crippen LogP) is 4.03. The summed E-state index contributed by atoms with van der Waals surface area (Å²) in [5.41, 5.74) is 3.75. The third-order valence-corrected chi connectivity index (χ3v) is 5.60. The number of nitrogens with zero attached hydrogens (tertiary/aromatic N) is 4. The summed E-state index contributed by atoms with van der Waals surface area (Å²) >= 11 is 0. The van der Waals surface area contributed by atoms with E-state index in [1.807, 2.05) is 48.5 Å². The zero-order valence-electron chi connectivity index (χ0n) is 18.6. The number of likely N-dealkylation sites (N-methyl/N-ethyl adjacent to an activating group) is 1. The molecule has 0 spiro atoms. The lowest BCUT2D eigenvalue weighted by atomic mass is 10.1. The van der Waals surface area contributed by atoms with Crippen LogP contribution < -0.4 is 10.1 Å². The number of nitrogens with one attached hydrogen (secondary N) is 2. The van der Waals surface area contributed by atoms with Crippen molar-refractivity contribution in [2.24, 2.45) is 0 Å². The fourth-order valence-electron chi connectivity index (χ4n) is 3.72. The Morgan fingerprint density at radius 2 is 1.94 bits per heavy atom. The van der Waals surface area contributed by atoms with E-state index in [1.54, 1.807) is 13.2 Å². The molecule has 0 radical (unpaired) electrons. The number of hydrogen-bond acceptors (Lipinski definition) is 5. The maximum Gasteiger partial charge on any atom is 0.275 e. The van der Waals surface area contributed by atoms with Gasteiger partial charge in [0.2, 0.25) is 5.95 Å². The summed E-state index contributed by atoms with van der Waals surface area (Å²) in [7, 11) is 1.62. The number of imidazole rings is 1. The molecule has 0 aliphatic heterocycles. The summed E-state index contributed by atoms with van der Waals surface area (Å²) in [6, 6.07) is 17.2. The molecule has 2 aromatic heterocycles. The van der Waals surface area contributed by atoms with Gasteiger partial charge in [-0.15, -0.1) is 0 Å². The standard InChI is InChI=1S/C24H28N6O2/c1-4-29(5-2)13-14-30-22-12-7-6-11-19(22)25-24(30)26-23(31)21-16-20(27-28-21)17-9-8-10-18(15-17)32-3/h6-12,15-16H,4-5,13-14H2,1-3H3,(H,27,28)(H,25,26,31). The summed E-state index contributed by atoms with van der Waals surface area (Å²) in [5, 5.41) is 10.1. The van der Waals surface area contributed by atoms with E-state index in [0.29, 0.717) is 17.3 Å². The summed E-state index contributed by atoms with van der Waals surface area (Å²) in [5.74, 6) is 0.977. The molecule has 0 atom stereocenters. The lowest BCUT2D eigenvalue weighted by Gasteiger charge is -2.19. The van der Waals surface area contributed by atoms with E-state index in [2.05, 4.69) is 43.8 Å². The van der Waals surface area contributed by atoms with Crippen molar-refractivity contribution in [3.05, 3.63) is 60.3 Å². The average molecular weight is 433 g/mol. The van der Waals surface area contributed by atoms with Crippen LogP contribution in [0.2, 0.25) is 0 Å². The monoisotopic (exact) mass is 432 g/mol. The smallest absolute Gasteiger partial charge is 0.275 e. The zero-order chi connectivity index (χ0) is 22.5. The number of carbonyl (C=O) groups excluding carboxylic acids is 1. The molecule has 4 aromatic rings. The van der Waals surface area contributed by atoms with Crippen LogP contribution in [0.25, 0.3) is 22.3 Å². The Labute approximate surface area is 187 Å². The van der Waals surface area contributed by atoms with E-state index < -0.39 is 0 Å². The first kappa shape index (κ1) is 21.6. The molecule has 0 aliphatic carbocycles. The van der Waals surface area contributed by atoms with Crippen molar-refractivity contribution in [3.63, 3.8) is 0 Å². The third kappa shape index (κ3) is 4.50. The van der Waals surface area contributed by atoms with Crippen LogP contribution >= 0.6 is 0 Å². The van der Waals surface area contributed by atoms with Crippen LogP contribution in [-0.4, -0.2) is 57.3 Å². The van der Waals surface area contributed by atoms with Crippen LogP contribution in [0.15, 0.2) is 54.6 Å². The molecule has 2 N–H and O–H groups in total. The van der Waals surface area contributed by atoms with E-state index in [-0.39, 0.29) is 5.91 Å². The molecule has 0 bridgehead atoms. The van der Waals surface area contributed by atoms with Gasteiger partial charge in [0.05, 0.1) is 23.8 Å². The van der Waals surface area contributed by atoms with Crippen LogP contribution in [0.4, 0.5) is 5.95 Å². The van der Waals surface area contributed by atoms with Crippen LogP contribution in [0.3, 0.4) is 0 Å². The van der Waals surface area contributed by atoms with Gasteiger partial charge in [0, 0.05) is 18.7 Å². The van der Waals surface area contributed by atoms with Crippen LogP contribution in [0, 0.1) is 0 Å². The molecule has 0 unspecified atom stereocenters. The molecule has 8 nitrogen and oxygen atoms in total. The molecule has 4 rings (SSSR count). The summed E-state index contributed by atoms with van der Waals surface area (Å²) in [6.45, 7) is 7.86. The Balaban J connectivity index is 1.57. The van der Waals surface area contributed by atoms with Gasteiger partial charge in [0.15, 0.2) is 0 Å². The van der Waals surface area contributed by atoms with E-state index in [9.17, 15) is 4.79 Å². The molecule has 0 aliphatic rings. The molecule has 0 saturated carbocycles. The Morgan fingerprint density at radius 1 is 1.12 bits per heavy atom. The number of H-pyrrole nitrogens is 1. The van der Waals surface area contributed by atoms with E-state index in [1.165, 1.54) is 0 Å². The van der Waals surface area contributed by atoms with Gasteiger partial charge in [-0.05, 0) is 43.4 Å². The fraction of sp³-hybridized carbons (Fsp3) is 0.292. The number of aromatic nitrogens is 4. The van der Waals surface area contributed by atoms with Gasteiger partial charge in [-0.2, -0.15) is 5.10 Å². The predicted molar refractivity (Wildman–Crippen MR) is 126 cm³/mol. The highest BCUT2D eigenvalue weighted by molar-refractivity contribution is 6.03. The zero-order valence-corrected chi connectivity index (χ0v) is 18.6. The number of hydrogen-bond donors (Lipinski definition) is 2. The molecule has 8 heteroatoms. The molecule has 0 fully saturated rings. The van der Waals surface area contributed by atoms with Crippen LogP contribution in [0.5, 0.6) is 5.75 Å². The number of rotatable bonds is 9. The quantitative estimate of drug-likeness (QED) is 0.417. The maximum absolute atomic E-state index is 13.0. The first-order valence-electron chi connectivity index (χ1n) is 10.8. The average Bonchev–Trinajstić information content (AvgIpc) is 3.45. The Morgan fingerprint density at radius 3 is 2.72 bits per heavy atom. The van der Waals surface area contributed by atoms with Crippen molar-refractivity contribution in [1.29, 1.82) is 0 Å². The van der Waals surface area contributed by atoms with Crippen molar-refractivity contribution in [1.82, 2.24) is 24.6 Å². The first-order chi connectivity index (χ1) is 15.6. The minimum absolute atomic E-state index is 0.286. The lowest BCUT2D eigenvalue weighted by molar-refractivity contribution is 0.102. The van der Waals surface area contributed by atoms with Gasteiger partial charge in [-0.25, -0.2) is 4.98 Å². The van der Waals surface area contributed by atoms with Crippen molar-refractivity contribution >= 4 is 22.9 Å². The number of amides is 1. The number of methoxy groups -OCH3 is 1. The molecule has 32 heavy (non-hydrogen) atoms. The van der Waals surface area contributed by atoms with Crippen molar-refractivity contribution < 1.29 is 9.53 Å². The van der Waals surface area contributed by atoms with Gasteiger partial charge in [-0.3, -0.25) is 15.2 Å². The molecule has 166 valence electrons. The van der Waals surface area contributed by atoms with Gasteiger partial charge in [0.25, 0.3) is 5.91 Å². The lowest BCUT2D eigenvalue weighted by Crippen LogP contribution is -2.27. The van der Waals surface area contributed by atoms with E-state index in [4.69, 9.17) is 4.74 Å². The highest BCUT2D eigenvalue weighted by Gasteiger charge is 2.17. The second kappa shape index (κ2) is 9.65. The number of anilines is 1. The minimum atomic E-state index is -0.286. The number of ether oxygens (including phenoxy) is 1. The number of fused-ring (bicyclic) bond motifs is 1. The Bertz CT molecular complexity index is 1210. The van der Waals surface area contributed by atoms with Gasteiger partial charge in [0.1, 0.15) is 11.4 Å². The summed E-state index contributed by atoms with van der Waals surface area (Å²) in [4.78, 5) is 20.0. The second-order valence-electron chi connectivity index (χ2n) is 7.46. The highest BCUT2D eigenvalue weighted by Crippen LogP contribution is 2.24. The molecular formula is C24H28N6O2. The third-order valence-electron chi connectivity index (χ3n) is 5.60. The van der Waals surface area contributed by atoms with E-state index >= 15 is 0 Å². The van der Waals surface area contributed by atoms with Gasteiger partial charge < -0.3 is 14.2 Å². The Kier molecular flexibility index (Phi) is 6.51. The van der Waals surface area contributed by atoms with Gasteiger partial charge >= 0.3 is 0 Å².